The molecule has 1 aliphatic rings. The van der Waals surface area contributed by atoms with Crippen molar-refractivity contribution >= 4 is 5.95 Å². The SMILES string of the molecule is CC(C)Oc1ccnc(NC2CCCNC2C)n1. The molecule has 2 atom stereocenters. The monoisotopic (exact) mass is 250 g/mol. The predicted octanol–water partition coefficient (Wildman–Crippen LogP) is 1.82. The van der Waals surface area contributed by atoms with Crippen LogP contribution in [0.25, 0.3) is 0 Å². The van der Waals surface area contributed by atoms with Crippen LogP contribution in [0.3, 0.4) is 0 Å². The van der Waals surface area contributed by atoms with Crippen molar-refractivity contribution in [1.29, 1.82) is 0 Å². The predicted molar refractivity (Wildman–Crippen MR) is 71.9 cm³/mol. The molecule has 1 fully saturated rings. The van der Waals surface area contributed by atoms with Gasteiger partial charge in [-0.3, -0.25) is 0 Å². The van der Waals surface area contributed by atoms with E-state index in [0.717, 1.165) is 13.0 Å². The zero-order chi connectivity index (χ0) is 13.0. The number of rotatable bonds is 4. The number of hydrogen-bond donors (Lipinski definition) is 2. The van der Waals surface area contributed by atoms with E-state index in [1.165, 1.54) is 6.42 Å². The lowest BCUT2D eigenvalue weighted by molar-refractivity contribution is 0.232. The molecule has 2 N–H and O–H groups in total. The van der Waals surface area contributed by atoms with Crippen molar-refractivity contribution in [2.75, 3.05) is 11.9 Å². The lowest BCUT2D eigenvalue weighted by Crippen LogP contribution is -2.46. The van der Waals surface area contributed by atoms with Crippen molar-refractivity contribution in [3.05, 3.63) is 12.3 Å². The van der Waals surface area contributed by atoms with Crippen LogP contribution in [0.5, 0.6) is 5.88 Å². The molecular formula is C13H22N4O. The fourth-order valence-corrected chi connectivity index (χ4v) is 2.13. The van der Waals surface area contributed by atoms with Crippen molar-refractivity contribution in [3.63, 3.8) is 0 Å². The molecule has 18 heavy (non-hydrogen) atoms. The lowest BCUT2D eigenvalue weighted by atomic mass is 10.0. The Hall–Kier alpha value is -1.36. The average molecular weight is 250 g/mol. The highest BCUT2D eigenvalue weighted by atomic mass is 16.5. The van der Waals surface area contributed by atoms with Crippen LogP contribution in [0.2, 0.25) is 0 Å². The molecule has 2 unspecified atom stereocenters. The number of hydrogen-bond acceptors (Lipinski definition) is 5. The number of piperidine rings is 1. The molecule has 1 aromatic heterocycles. The zero-order valence-electron chi connectivity index (χ0n) is 11.3. The Morgan fingerprint density at radius 1 is 1.50 bits per heavy atom. The van der Waals surface area contributed by atoms with Gasteiger partial charge in [-0.25, -0.2) is 4.98 Å². The van der Waals surface area contributed by atoms with Gasteiger partial charge < -0.3 is 15.4 Å². The second-order valence-electron chi connectivity index (χ2n) is 5.02. The van der Waals surface area contributed by atoms with E-state index in [0.29, 0.717) is 23.9 Å². The van der Waals surface area contributed by atoms with Gasteiger partial charge in [-0.15, -0.1) is 0 Å². The second kappa shape index (κ2) is 6.00. The number of anilines is 1. The van der Waals surface area contributed by atoms with E-state index in [4.69, 9.17) is 4.74 Å². The Balaban J connectivity index is 1.99. The minimum absolute atomic E-state index is 0.128. The van der Waals surface area contributed by atoms with Crippen molar-refractivity contribution in [2.45, 2.75) is 51.8 Å². The van der Waals surface area contributed by atoms with E-state index in [2.05, 4.69) is 27.5 Å². The number of ether oxygens (including phenoxy) is 1. The summed E-state index contributed by atoms with van der Waals surface area (Å²) in [7, 11) is 0. The summed E-state index contributed by atoms with van der Waals surface area (Å²) in [6.07, 6.45) is 4.19. The van der Waals surface area contributed by atoms with Gasteiger partial charge in [0.05, 0.1) is 6.10 Å². The molecule has 0 aliphatic carbocycles. The molecule has 1 saturated heterocycles. The molecule has 0 aromatic carbocycles. The maximum absolute atomic E-state index is 5.56. The molecule has 1 aromatic rings. The van der Waals surface area contributed by atoms with Crippen LogP contribution >= 0.6 is 0 Å². The lowest BCUT2D eigenvalue weighted by Gasteiger charge is -2.30. The molecule has 100 valence electrons. The summed E-state index contributed by atoms with van der Waals surface area (Å²) in [6, 6.07) is 2.61. The van der Waals surface area contributed by atoms with Gasteiger partial charge in [0.1, 0.15) is 0 Å². The Bertz CT molecular complexity index is 383. The largest absolute Gasteiger partial charge is 0.475 e. The molecular weight excluding hydrogens is 228 g/mol. The second-order valence-corrected chi connectivity index (χ2v) is 5.02. The van der Waals surface area contributed by atoms with Gasteiger partial charge in [-0.1, -0.05) is 0 Å². The smallest absolute Gasteiger partial charge is 0.226 e. The van der Waals surface area contributed by atoms with Gasteiger partial charge in [-0.05, 0) is 40.2 Å². The summed E-state index contributed by atoms with van der Waals surface area (Å²) in [5.41, 5.74) is 0. The molecule has 1 aliphatic heterocycles. The summed E-state index contributed by atoms with van der Waals surface area (Å²) in [4.78, 5) is 8.61. The highest BCUT2D eigenvalue weighted by molar-refractivity contribution is 5.29. The third-order valence-corrected chi connectivity index (χ3v) is 3.06. The summed E-state index contributed by atoms with van der Waals surface area (Å²) >= 11 is 0. The van der Waals surface area contributed by atoms with Gasteiger partial charge in [0.15, 0.2) is 0 Å². The van der Waals surface area contributed by atoms with Crippen LogP contribution in [0.1, 0.15) is 33.6 Å². The van der Waals surface area contributed by atoms with Gasteiger partial charge in [0.25, 0.3) is 0 Å². The maximum Gasteiger partial charge on any atom is 0.226 e. The molecule has 2 rings (SSSR count). The van der Waals surface area contributed by atoms with Gasteiger partial charge in [-0.2, -0.15) is 4.98 Å². The van der Waals surface area contributed by atoms with Gasteiger partial charge >= 0.3 is 0 Å². The van der Waals surface area contributed by atoms with E-state index in [9.17, 15) is 0 Å². The van der Waals surface area contributed by atoms with Crippen LogP contribution in [-0.4, -0.2) is 34.7 Å². The third-order valence-electron chi connectivity index (χ3n) is 3.06. The Morgan fingerprint density at radius 2 is 2.33 bits per heavy atom. The Labute approximate surface area is 108 Å². The van der Waals surface area contributed by atoms with Crippen LogP contribution in [-0.2, 0) is 0 Å². The highest BCUT2D eigenvalue weighted by Gasteiger charge is 2.21. The Morgan fingerprint density at radius 3 is 3.06 bits per heavy atom. The first kappa shape index (κ1) is 13.1. The van der Waals surface area contributed by atoms with E-state index in [1.807, 2.05) is 13.8 Å². The highest BCUT2D eigenvalue weighted by Crippen LogP contribution is 2.15. The van der Waals surface area contributed by atoms with Gasteiger partial charge in [0.2, 0.25) is 11.8 Å². The average Bonchev–Trinajstić information content (AvgIpc) is 2.32. The van der Waals surface area contributed by atoms with E-state index in [-0.39, 0.29) is 6.10 Å². The maximum atomic E-state index is 5.56. The molecule has 2 heterocycles. The molecule has 5 heteroatoms. The van der Waals surface area contributed by atoms with E-state index >= 15 is 0 Å². The first-order chi connectivity index (χ1) is 8.65. The summed E-state index contributed by atoms with van der Waals surface area (Å²) in [5, 5.41) is 6.83. The van der Waals surface area contributed by atoms with Crippen LogP contribution in [0, 0.1) is 0 Å². The minimum Gasteiger partial charge on any atom is -0.475 e. The quantitative estimate of drug-likeness (QED) is 0.853. The number of nitrogens with one attached hydrogen (secondary N) is 2. The van der Waals surface area contributed by atoms with Crippen LogP contribution in [0.4, 0.5) is 5.95 Å². The van der Waals surface area contributed by atoms with Crippen molar-refractivity contribution in [2.24, 2.45) is 0 Å². The zero-order valence-corrected chi connectivity index (χ0v) is 11.3. The summed E-state index contributed by atoms with van der Waals surface area (Å²) in [5.74, 6) is 1.27. The van der Waals surface area contributed by atoms with Crippen LogP contribution in [0.15, 0.2) is 12.3 Å². The molecule has 0 bridgehead atoms. The van der Waals surface area contributed by atoms with Crippen molar-refractivity contribution in [1.82, 2.24) is 15.3 Å². The molecule has 0 radical (unpaired) electrons. The number of nitrogens with zero attached hydrogens (tertiary/aromatic N) is 2. The van der Waals surface area contributed by atoms with E-state index < -0.39 is 0 Å². The van der Waals surface area contributed by atoms with Crippen molar-refractivity contribution in [3.8, 4) is 5.88 Å². The molecule has 5 nitrogen and oxygen atoms in total. The van der Waals surface area contributed by atoms with Gasteiger partial charge in [0, 0.05) is 24.3 Å². The topological polar surface area (TPSA) is 59.1 Å². The fourth-order valence-electron chi connectivity index (χ4n) is 2.13. The standard InChI is InChI=1S/C13H22N4O/c1-9(2)18-12-6-8-15-13(17-12)16-11-5-4-7-14-10(11)3/h6,8-11,14H,4-5,7H2,1-3H3,(H,15,16,17). The Kier molecular flexibility index (Phi) is 4.36. The number of aromatic nitrogens is 2. The van der Waals surface area contributed by atoms with Crippen molar-refractivity contribution < 1.29 is 4.74 Å². The molecule has 0 amide bonds. The van der Waals surface area contributed by atoms with E-state index in [1.54, 1.807) is 12.3 Å². The first-order valence-electron chi connectivity index (χ1n) is 6.65. The third kappa shape index (κ3) is 3.57. The summed E-state index contributed by atoms with van der Waals surface area (Å²) < 4.78 is 5.56. The summed E-state index contributed by atoms with van der Waals surface area (Å²) in [6.45, 7) is 7.26. The normalized spacial score (nSPS) is 24.0. The minimum atomic E-state index is 0.128. The fraction of sp³-hybridized carbons (Fsp3) is 0.692. The molecule has 0 spiro atoms. The molecule has 0 saturated carbocycles. The first-order valence-corrected chi connectivity index (χ1v) is 6.65. The van der Waals surface area contributed by atoms with Crippen LogP contribution < -0.4 is 15.4 Å².